The number of nitrogens with one attached hydrogen (secondary N) is 1. The lowest BCUT2D eigenvalue weighted by Gasteiger charge is -2.17. The first-order valence-electron chi connectivity index (χ1n) is 2.96. The van der Waals surface area contributed by atoms with E-state index in [1.54, 1.807) is 0 Å². The van der Waals surface area contributed by atoms with E-state index in [-0.39, 0.29) is 42.3 Å². The van der Waals surface area contributed by atoms with Gasteiger partial charge < -0.3 is 27.3 Å². The third-order valence-corrected chi connectivity index (χ3v) is 1.30. The van der Waals surface area contributed by atoms with Crippen LogP contribution in [-0.4, -0.2) is 18.3 Å². The van der Waals surface area contributed by atoms with Crippen LogP contribution in [0.25, 0.3) is 0 Å². The fourth-order valence-electron chi connectivity index (χ4n) is 0.725. The van der Waals surface area contributed by atoms with Gasteiger partial charge in [0, 0.05) is 0 Å². The van der Waals surface area contributed by atoms with Crippen LogP contribution in [0, 0.1) is 0 Å². The molecule has 8 heteroatoms. The van der Waals surface area contributed by atoms with E-state index < -0.39 is 6.04 Å². The Bertz CT molecular complexity index is 251. The number of halogens is 2. The van der Waals surface area contributed by atoms with Gasteiger partial charge in [-0.15, -0.1) is 24.8 Å². The zero-order chi connectivity index (χ0) is 8.43. The van der Waals surface area contributed by atoms with Crippen LogP contribution in [0.2, 0.25) is 0 Å². The zero-order valence-corrected chi connectivity index (χ0v) is 8.19. The maximum absolute atomic E-state index is 10.3. The van der Waals surface area contributed by atoms with Gasteiger partial charge in [0.15, 0.2) is 18.3 Å². The fourth-order valence-corrected chi connectivity index (χ4v) is 0.725. The standard InChI is InChI=1S/C5H9N5O.2ClH/c6-3-2(1-11)9-5(8)10-4(3)7;;/h1-2H,6-7H2,(H3,8,9,10);2*1H. The van der Waals surface area contributed by atoms with Crippen molar-refractivity contribution >= 4 is 37.1 Å². The molecule has 0 saturated carbocycles. The average molecular weight is 228 g/mol. The number of carbonyl (C=O) groups excluding carboxylic acids is 1. The molecule has 0 aliphatic carbocycles. The van der Waals surface area contributed by atoms with Crippen LogP contribution in [0.1, 0.15) is 0 Å². The highest BCUT2D eigenvalue weighted by atomic mass is 35.5. The SMILES string of the molecule is Cl.Cl.NC1=NC(C=O)C(N)=C(N)N1. The summed E-state index contributed by atoms with van der Waals surface area (Å²) in [6, 6.07) is -0.740. The van der Waals surface area contributed by atoms with E-state index in [0.29, 0.717) is 6.29 Å². The Morgan fingerprint density at radius 1 is 1.31 bits per heavy atom. The van der Waals surface area contributed by atoms with E-state index in [0.717, 1.165) is 0 Å². The minimum Gasteiger partial charge on any atom is -0.397 e. The number of nitrogens with zero attached hydrogens (tertiary/aromatic N) is 1. The van der Waals surface area contributed by atoms with Gasteiger partial charge in [0.05, 0.1) is 5.70 Å². The topological polar surface area (TPSA) is 120 Å². The molecule has 1 rings (SSSR count). The predicted molar refractivity (Wildman–Crippen MR) is 54.5 cm³/mol. The molecule has 0 saturated heterocycles. The van der Waals surface area contributed by atoms with Crippen molar-refractivity contribution in [3.8, 4) is 0 Å². The summed E-state index contributed by atoms with van der Waals surface area (Å²) < 4.78 is 0. The molecule has 0 aromatic heterocycles. The number of hydrogen-bond donors (Lipinski definition) is 4. The van der Waals surface area contributed by atoms with Crippen LogP contribution in [0.5, 0.6) is 0 Å². The lowest BCUT2D eigenvalue weighted by atomic mass is 10.2. The van der Waals surface area contributed by atoms with Gasteiger partial charge in [0.25, 0.3) is 0 Å². The summed E-state index contributed by atoms with van der Waals surface area (Å²) in [6.45, 7) is 0. The lowest BCUT2D eigenvalue weighted by Crippen LogP contribution is -2.43. The summed E-state index contributed by atoms with van der Waals surface area (Å²) in [5.74, 6) is 0.295. The number of guanidine groups is 1. The number of aldehydes is 1. The molecule has 1 unspecified atom stereocenters. The van der Waals surface area contributed by atoms with Gasteiger partial charge in [-0.05, 0) is 0 Å². The number of rotatable bonds is 1. The van der Waals surface area contributed by atoms with Gasteiger partial charge in [0.1, 0.15) is 5.82 Å². The second-order valence-electron chi connectivity index (χ2n) is 2.09. The van der Waals surface area contributed by atoms with Crippen molar-refractivity contribution in [1.29, 1.82) is 0 Å². The average Bonchev–Trinajstić information content (AvgIpc) is 1.96. The Hall–Kier alpha value is -1.14. The summed E-state index contributed by atoms with van der Waals surface area (Å²) in [5, 5.41) is 2.49. The highest BCUT2D eigenvalue weighted by Gasteiger charge is 2.17. The van der Waals surface area contributed by atoms with Crippen LogP contribution in [0.15, 0.2) is 16.5 Å². The van der Waals surface area contributed by atoms with Gasteiger partial charge >= 0.3 is 0 Å². The Balaban J connectivity index is 0. The van der Waals surface area contributed by atoms with E-state index >= 15 is 0 Å². The maximum atomic E-state index is 10.3. The smallest absolute Gasteiger partial charge is 0.195 e. The van der Waals surface area contributed by atoms with Gasteiger partial charge in [0.2, 0.25) is 0 Å². The van der Waals surface area contributed by atoms with Crippen LogP contribution in [-0.2, 0) is 4.79 Å². The van der Waals surface area contributed by atoms with Crippen LogP contribution < -0.4 is 22.5 Å². The first kappa shape index (κ1) is 14.4. The summed E-state index contributed by atoms with van der Waals surface area (Å²) in [4.78, 5) is 14.0. The first-order valence-corrected chi connectivity index (χ1v) is 2.96. The third kappa shape index (κ3) is 3.00. The Morgan fingerprint density at radius 3 is 2.31 bits per heavy atom. The summed E-state index contributed by atoms with van der Waals surface area (Å²) in [6.07, 6.45) is 0.579. The van der Waals surface area contributed by atoms with E-state index in [4.69, 9.17) is 17.2 Å². The minimum atomic E-state index is -0.740. The number of carbonyl (C=O) groups is 1. The molecule has 76 valence electrons. The van der Waals surface area contributed by atoms with E-state index in [9.17, 15) is 4.79 Å². The molecular weight excluding hydrogens is 217 g/mol. The lowest BCUT2D eigenvalue weighted by molar-refractivity contribution is -0.108. The Kier molecular flexibility index (Phi) is 6.08. The van der Waals surface area contributed by atoms with Gasteiger partial charge in [-0.2, -0.15) is 0 Å². The van der Waals surface area contributed by atoms with E-state index in [1.165, 1.54) is 0 Å². The maximum Gasteiger partial charge on any atom is 0.195 e. The molecule has 0 spiro atoms. The van der Waals surface area contributed by atoms with Gasteiger partial charge in [-0.3, -0.25) is 0 Å². The molecule has 1 heterocycles. The molecule has 0 fully saturated rings. The minimum absolute atomic E-state index is 0. The third-order valence-electron chi connectivity index (χ3n) is 1.30. The number of hydrogen-bond acceptors (Lipinski definition) is 6. The normalized spacial score (nSPS) is 20.3. The Labute approximate surface area is 87.4 Å². The van der Waals surface area contributed by atoms with Crippen LogP contribution in [0.4, 0.5) is 0 Å². The van der Waals surface area contributed by atoms with Gasteiger partial charge in [-0.1, -0.05) is 0 Å². The van der Waals surface area contributed by atoms with Crippen molar-refractivity contribution in [1.82, 2.24) is 5.32 Å². The quantitative estimate of drug-likeness (QED) is 0.403. The molecule has 0 radical (unpaired) electrons. The van der Waals surface area contributed by atoms with Crippen molar-refractivity contribution in [3.63, 3.8) is 0 Å². The molecule has 0 aromatic carbocycles. The monoisotopic (exact) mass is 227 g/mol. The van der Waals surface area contributed by atoms with Crippen molar-refractivity contribution in [2.24, 2.45) is 22.2 Å². The predicted octanol–water partition coefficient (Wildman–Crippen LogP) is -1.60. The van der Waals surface area contributed by atoms with Crippen LogP contribution >= 0.6 is 24.8 Å². The van der Waals surface area contributed by atoms with Crippen molar-refractivity contribution < 1.29 is 4.79 Å². The molecule has 0 aromatic rings. The summed E-state index contributed by atoms with van der Waals surface area (Å²) >= 11 is 0. The van der Waals surface area contributed by atoms with E-state index in [2.05, 4.69) is 10.3 Å². The second kappa shape index (κ2) is 5.50. The van der Waals surface area contributed by atoms with Crippen molar-refractivity contribution in [2.45, 2.75) is 6.04 Å². The number of aliphatic imine (C=N–C) groups is 1. The highest BCUT2D eigenvalue weighted by Crippen LogP contribution is 2.02. The highest BCUT2D eigenvalue weighted by molar-refractivity contribution is 5.85. The molecule has 13 heavy (non-hydrogen) atoms. The summed E-state index contributed by atoms with van der Waals surface area (Å²) in [5.41, 5.74) is 16.2. The molecule has 1 aliphatic heterocycles. The molecule has 1 aliphatic rings. The van der Waals surface area contributed by atoms with Crippen molar-refractivity contribution in [2.75, 3.05) is 0 Å². The molecule has 0 amide bonds. The second-order valence-corrected chi connectivity index (χ2v) is 2.09. The molecule has 1 atom stereocenters. The Morgan fingerprint density at radius 2 is 1.85 bits per heavy atom. The zero-order valence-electron chi connectivity index (χ0n) is 6.56. The van der Waals surface area contributed by atoms with E-state index in [1.807, 2.05) is 0 Å². The largest absolute Gasteiger partial charge is 0.397 e. The van der Waals surface area contributed by atoms with Crippen LogP contribution in [0.3, 0.4) is 0 Å². The fraction of sp³-hybridized carbons (Fsp3) is 0.200. The van der Waals surface area contributed by atoms with Crippen molar-refractivity contribution in [3.05, 3.63) is 11.5 Å². The molecule has 0 bridgehead atoms. The van der Waals surface area contributed by atoms with Gasteiger partial charge in [-0.25, -0.2) is 4.99 Å². The molecule has 6 nitrogen and oxygen atoms in total. The first-order chi connectivity index (χ1) is 5.15. The molecular formula is C5H11Cl2N5O. The number of nitrogens with two attached hydrogens (primary N) is 3. The molecule has 7 N–H and O–H groups in total. The summed E-state index contributed by atoms with van der Waals surface area (Å²) in [7, 11) is 0.